The molecule has 0 spiro atoms. The molecule has 0 saturated heterocycles. The maximum Gasteiger partial charge on any atom is 0.291 e. The van der Waals surface area contributed by atoms with Gasteiger partial charge in [0, 0.05) is 28.6 Å². The van der Waals surface area contributed by atoms with Gasteiger partial charge in [0.1, 0.15) is 0 Å². The number of carbonyl (C=O) groups excluding carboxylic acids is 1. The summed E-state index contributed by atoms with van der Waals surface area (Å²) in [5.41, 5.74) is 3.11. The number of nitrogens with one attached hydrogen (secondary N) is 1. The van der Waals surface area contributed by atoms with E-state index < -0.39 is 0 Å². The van der Waals surface area contributed by atoms with Gasteiger partial charge in [-0.05, 0) is 37.3 Å². The maximum absolute atomic E-state index is 12.3. The third-order valence-electron chi connectivity index (χ3n) is 4.34. The van der Waals surface area contributed by atoms with E-state index in [1.165, 1.54) is 28.9 Å². The zero-order valence-electron chi connectivity index (χ0n) is 15.6. The van der Waals surface area contributed by atoms with Gasteiger partial charge < -0.3 is 9.73 Å². The number of aryl methyl sites for hydroxylation is 1. The minimum atomic E-state index is -0.296. The minimum absolute atomic E-state index is 0.0596. The third-order valence-corrected chi connectivity index (χ3v) is 7.48. The number of hydrogen-bond acceptors (Lipinski definition) is 8. The average molecular weight is 455 g/mol. The van der Waals surface area contributed by atoms with Crippen molar-refractivity contribution in [3.8, 4) is 0 Å². The summed E-state index contributed by atoms with van der Waals surface area (Å²) >= 11 is 4.54. The lowest BCUT2D eigenvalue weighted by Gasteiger charge is -2.02. The number of amides is 1. The zero-order valence-corrected chi connectivity index (χ0v) is 18.1. The van der Waals surface area contributed by atoms with Crippen molar-refractivity contribution in [2.45, 2.75) is 17.0 Å². The van der Waals surface area contributed by atoms with Gasteiger partial charge in [0.05, 0.1) is 22.2 Å². The third kappa shape index (κ3) is 3.64. The van der Waals surface area contributed by atoms with Crippen molar-refractivity contribution in [2.75, 3.05) is 5.32 Å². The van der Waals surface area contributed by atoms with E-state index in [1.54, 1.807) is 34.4 Å². The summed E-state index contributed by atoms with van der Waals surface area (Å²) in [6.07, 6.45) is 1.46. The molecule has 5 rings (SSSR count). The van der Waals surface area contributed by atoms with Gasteiger partial charge in [-0.25, -0.2) is 9.97 Å². The standard InChI is InChI=1S/C20H14N4O3S3/c1-11-9-28-19-22-13(8-17(25)24(11)19)10-29-20-23-14-5-4-12(7-16(14)30-20)21-18(26)15-3-2-6-27-15/h2-9H,10H2,1H3,(H,21,26). The number of benzene rings is 1. The van der Waals surface area contributed by atoms with Crippen LogP contribution in [0.15, 0.2) is 61.6 Å². The van der Waals surface area contributed by atoms with Crippen molar-refractivity contribution in [3.05, 3.63) is 75.5 Å². The molecule has 5 aromatic rings. The van der Waals surface area contributed by atoms with E-state index in [0.29, 0.717) is 16.4 Å². The van der Waals surface area contributed by atoms with Crippen LogP contribution in [0.25, 0.3) is 15.2 Å². The molecule has 0 saturated carbocycles. The summed E-state index contributed by atoms with van der Waals surface area (Å²) in [7, 11) is 0. The molecule has 10 heteroatoms. The summed E-state index contributed by atoms with van der Waals surface area (Å²) in [5, 5.41) is 4.75. The predicted octanol–water partition coefficient (Wildman–Crippen LogP) is 4.81. The van der Waals surface area contributed by atoms with Crippen LogP contribution in [0.3, 0.4) is 0 Å². The van der Waals surface area contributed by atoms with Gasteiger partial charge in [-0.1, -0.05) is 11.8 Å². The van der Waals surface area contributed by atoms with Gasteiger partial charge in [0.25, 0.3) is 11.5 Å². The first-order valence-electron chi connectivity index (χ1n) is 8.92. The van der Waals surface area contributed by atoms with Crippen LogP contribution in [0.5, 0.6) is 0 Å². The molecule has 4 heterocycles. The highest BCUT2D eigenvalue weighted by molar-refractivity contribution is 8.00. The fraction of sp³-hybridized carbons (Fsp3) is 0.100. The normalized spacial score (nSPS) is 11.4. The molecule has 0 aliphatic heterocycles. The Balaban J connectivity index is 1.33. The summed E-state index contributed by atoms with van der Waals surface area (Å²) < 4.78 is 8.58. The minimum Gasteiger partial charge on any atom is -0.459 e. The van der Waals surface area contributed by atoms with E-state index in [2.05, 4.69) is 15.3 Å². The Morgan fingerprint density at radius 1 is 1.27 bits per heavy atom. The van der Waals surface area contributed by atoms with E-state index in [0.717, 1.165) is 25.9 Å². The molecule has 7 nitrogen and oxygen atoms in total. The number of nitrogens with zero attached hydrogens (tertiary/aromatic N) is 3. The summed E-state index contributed by atoms with van der Waals surface area (Å²) in [4.78, 5) is 34.4. The molecule has 1 aromatic carbocycles. The molecule has 0 atom stereocenters. The van der Waals surface area contributed by atoms with Gasteiger partial charge in [0.2, 0.25) is 0 Å². The fourth-order valence-electron chi connectivity index (χ4n) is 2.95. The second-order valence-corrected chi connectivity index (χ2v) is 9.55. The smallest absolute Gasteiger partial charge is 0.291 e. The number of furan rings is 1. The number of anilines is 1. The molecular formula is C20H14N4O3S3. The first-order valence-corrected chi connectivity index (χ1v) is 11.6. The average Bonchev–Trinajstić information content (AvgIpc) is 3.46. The SMILES string of the molecule is Cc1csc2nc(CSc3nc4ccc(NC(=O)c5ccco5)cc4s3)cc(=O)n12. The van der Waals surface area contributed by atoms with E-state index in [9.17, 15) is 9.59 Å². The van der Waals surface area contributed by atoms with E-state index in [-0.39, 0.29) is 17.2 Å². The van der Waals surface area contributed by atoms with E-state index in [4.69, 9.17) is 4.42 Å². The van der Waals surface area contributed by atoms with E-state index in [1.807, 2.05) is 30.5 Å². The van der Waals surface area contributed by atoms with Crippen molar-refractivity contribution in [3.63, 3.8) is 0 Å². The summed E-state index contributed by atoms with van der Waals surface area (Å²) in [6, 6.07) is 10.4. The van der Waals surface area contributed by atoms with Gasteiger partial charge in [0.15, 0.2) is 15.1 Å². The highest BCUT2D eigenvalue weighted by atomic mass is 32.2. The molecule has 0 aliphatic rings. The molecule has 150 valence electrons. The number of thioether (sulfide) groups is 1. The van der Waals surface area contributed by atoms with Crippen LogP contribution in [0, 0.1) is 6.92 Å². The van der Waals surface area contributed by atoms with Crippen molar-refractivity contribution < 1.29 is 9.21 Å². The maximum atomic E-state index is 12.3. The fourth-order valence-corrected chi connectivity index (χ4v) is 5.84. The lowest BCUT2D eigenvalue weighted by molar-refractivity contribution is 0.0996. The topological polar surface area (TPSA) is 89.5 Å². The zero-order chi connectivity index (χ0) is 20.7. The number of rotatable bonds is 5. The Bertz CT molecular complexity index is 1430. The van der Waals surface area contributed by atoms with E-state index >= 15 is 0 Å². The van der Waals surface area contributed by atoms with Crippen LogP contribution in [0.4, 0.5) is 5.69 Å². The second kappa shape index (κ2) is 7.71. The van der Waals surface area contributed by atoms with Crippen LogP contribution >= 0.6 is 34.4 Å². The van der Waals surface area contributed by atoms with Crippen molar-refractivity contribution in [2.24, 2.45) is 0 Å². The van der Waals surface area contributed by atoms with Crippen LogP contribution < -0.4 is 10.9 Å². The number of aromatic nitrogens is 3. The van der Waals surface area contributed by atoms with Crippen LogP contribution in [0.1, 0.15) is 21.9 Å². The lowest BCUT2D eigenvalue weighted by Crippen LogP contribution is -2.14. The van der Waals surface area contributed by atoms with Crippen LogP contribution in [-0.4, -0.2) is 20.3 Å². The first-order chi connectivity index (χ1) is 14.6. The highest BCUT2D eigenvalue weighted by Crippen LogP contribution is 2.32. The first kappa shape index (κ1) is 19.0. The Morgan fingerprint density at radius 3 is 3.00 bits per heavy atom. The molecule has 0 radical (unpaired) electrons. The molecular weight excluding hydrogens is 440 g/mol. The van der Waals surface area contributed by atoms with Gasteiger partial charge in [-0.3, -0.25) is 14.0 Å². The lowest BCUT2D eigenvalue weighted by atomic mass is 10.3. The molecule has 4 aromatic heterocycles. The molecule has 1 amide bonds. The van der Waals surface area contributed by atoms with Crippen molar-refractivity contribution >= 4 is 61.2 Å². The molecule has 0 unspecified atom stereocenters. The largest absolute Gasteiger partial charge is 0.459 e. The van der Waals surface area contributed by atoms with Gasteiger partial charge in [-0.2, -0.15) is 0 Å². The number of thiazole rings is 2. The Labute approximate surface area is 182 Å². The Hall–Kier alpha value is -2.95. The molecule has 0 bridgehead atoms. The highest BCUT2D eigenvalue weighted by Gasteiger charge is 2.12. The molecule has 30 heavy (non-hydrogen) atoms. The monoisotopic (exact) mass is 454 g/mol. The van der Waals surface area contributed by atoms with Crippen LogP contribution in [0.2, 0.25) is 0 Å². The summed E-state index contributed by atoms with van der Waals surface area (Å²) in [6.45, 7) is 1.90. The van der Waals surface area contributed by atoms with Gasteiger partial charge >= 0.3 is 0 Å². The van der Waals surface area contributed by atoms with Crippen molar-refractivity contribution in [1.29, 1.82) is 0 Å². The molecule has 0 aliphatic carbocycles. The van der Waals surface area contributed by atoms with Crippen molar-refractivity contribution in [1.82, 2.24) is 14.4 Å². The Morgan fingerprint density at radius 2 is 2.17 bits per heavy atom. The predicted molar refractivity (Wildman–Crippen MR) is 120 cm³/mol. The quantitative estimate of drug-likeness (QED) is 0.383. The number of hydrogen-bond donors (Lipinski definition) is 1. The Kier molecular flexibility index (Phi) is 4.89. The number of fused-ring (bicyclic) bond motifs is 2. The number of carbonyl (C=O) groups is 1. The summed E-state index contributed by atoms with van der Waals surface area (Å²) in [5.74, 6) is 0.525. The molecule has 1 N–H and O–H groups in total. The second-order valence-electron chi connectivity index (χ2n) is 6.46. The van der Waals surface area contributed by atoms with Crippen LogP contribution in [-0.2, 0) is 5.75 Å². The van der Waals surface area contributed by atoms with Gasteiger partial charge in [-0.15, -0.1) is 22.7 Å². The molecule has 0 fully saturated rings.